The minimum atomic E-state index is -0.502. The number of amides is 1. The topological polar surface area (TPSA) is 75.5 Å². The number of hydrogen-bond donors (Lipinski definition) is 1. The maximum Gasteiger partial charge on any atom is 0.273 e. The highest BCUT2D eigenvalue weighted by Crippen LogP contribution is 2.20. The molecule has 25 heavy (non-hydrogen) atoms. The summed E-state index contributed by atoms with van der Waals surface area (Å²) in [5.41, 5.74) is 1.03. The van der Waals surface area contributed by atoms with Crippen LogP contribution < -0.4 is 5.32 Å². The molecule has 1 unspecified atom stereocenters. The SMILES string of the molecule is CN(C)C(CNC(=O)Cc1ccccc1[N+](=O)[O-])c1cccc(F)c1. The quantitative estimate of drug-likeness (QED) is 0.618. The van der Waals surface area contributed by atoms with Crippen LogP contribution in [0.15, 0.2) is 48.5 Å². The summed E-state index contributed by atoms with van der Waals surface area (Å²) in [6.45, 7) is 0.274. The Hall–Kier alpha value is -2.80. The van der Waals surface area contributed by atoms with Crippen molar-refractivity contribution in [2.24, 2.45) is 0 Å². The van der Waals surface area contributed by atoms with Gasteiger partial charge in [-0.2, -0.15) is 0 Å². The molecule has 2 rings (SSSR count). The van der Waals surface area contributed by atoms with Gasteiger partial charge in [-0.3, -0.25) is 14.9 Å². The first-order valence-electron chi connectivity index (χ1n) is 7.79. The van der Waals surface area contributed by atoms with E-state index in [2.05, 4.69) is 5.32 Å². The Kier molecular flexibility index (Phi) is 6.19. The van der Waals surface area contributed by atoms with Gasteiger partial charge < -0.3 is 10.2 Å². The summed E-state index contributed by atoms with van der Waals surface area (Å²) < 4.78 is 13.4. The Morgan fingerprint density at radius 3 is 2.60 bits per heavy atom. The number of likely N-dealkylation sites (N-methyl/N-ethyl adjacent to an activating group) is 1. The molecule has 0 aromatic heterocycles. The summed E-state index contributed by atoms with van der Waals surface area (Å²) in [5, 5.41) is 13.8. The molecular weight excluding hydrogens is 325 g/mol. The second-order valence-electron chi connectivity index (χ2n) is 5.90. The summed E-state index contributed by atoms with van der Waals surface area (Å²) in [4.78, 5) is 24.6. The second kappa shape index (κ2) is 8.34. The zero-order chi connectivity index (χ0) is 18.4. The molecule has 0 saturated carbocycles. The lowest BCUT2D eigenvalue weighted by molar-refractivity contribution is -0.385. The molecule has 0 spiro atoms. The maximum absolute atomic E-state index is 13.4. The van der Waals surface area contributed by atoms with Gasteiger partial charge in [-0.05, 0) is 31.8 Å². The number of rotatable bonds is 7. The number of para-hydroxylation sites is 1. The molecule has 2 aromatic carbocycles. The molecule has 0 aliphatic carbocycles. The van der Waals surface area contributed by atoms with Crippen molar-refractivity contribution in [1.82, 2.24) is 10.2 Å². The van der Waals surface area contributed by atoms with E-state index in [-0.39, 0.29) is 36.4 Å². The number of carbonyl (C=O) groups excluding carboxylic acids is 1. The summed E-state index contributed by atoms with van der Waals surface area (Å²) >= 11 is 0. The van der Waals surface area contributed by atoms with Crippen molar-refractivity contribution in [2.45, 2.75) is 12.5 Å². The van der Waals surface area contributed by atoms with E-state index in [1.54, 1.807) is 30.3 Å². The Balaban J connectivity index is 2.04. The molecular formula is C18H20FN3O3. The lowest BCUT2D eigenvalue weighted by Crippen LogP contribution is -2.35. The third-order valence-electron chi connectivity index (χ3n) is 3.89. The normalized spacial score (nSPS) is 12.0. The highest BCUT2D eigenvalue weighted by Gasteiger charge is 2.18. The van der Waals surface area contributed by atoms with Gasteiger partial charge in [-0.15, -0.1) is 0 Å². The van der Waals surface area contributed by atoms with Gasteiger partial charge in [0.15, 0.2) is 0 Å². The molecule has 0 heterocycles. The number of nitro groups is 1. The Morgan fingerprint density at radius 1 is 1.24 bits per heavy atom. The van der Waals surface area contributed by atoms with E-state index >= 15 is 0 Å². The number of benzene rings is 2. The Labute approximate surface area is 145 Å². The largest absolute Gasteiger partial charge is 0.354 e. The fourth-order valence-electron chi connectivity index (χ4n) is 2.60. The number of hydrogen-bond acceptors (Lipinski definition) is 4. The minimum absolute atomic E-state index is 0.0769. The van der Waals surface area contributed by atoms with Crippen LogP contribution in [0.2, 0.25) is 0 Å². The van der Waals surface area contributed by atoms with Crippen LogP contribution in [-0.4, -0.2) is 36.4 Å². The molecule has 1 N–H and O–H groups in total. The third kappa shape index (κ3) is 5.09. The van der Waals surface area contributed by atoms with E-state index in [1.807, 2.05) is 19.0 Å². The highest BCUT2D eigenvalue weighted by atomic mass is 19.1. The zero-order valence-electron chi connectivity index (χ0n) is 14.1. The van der Waals surface area contributed by atoms with Crippen LogP contribution in [0.25, 0.3) is 0 Å². The van der Waals surface area contributed by atoms with Gasteiger partial charge in [0.05, 0.1) is 17.4 Å². The van der Waals surface area contributed by atoms with E-state index < -0.39 is 4.92 Å². The van der Waals surface area contributed by atoms with Gasteiger partial charge in [0.1, 0.15) is 5.82 Å². The fraction of sp³-hybridized carbons (Fsp3) is 0.278. The van der Waals surface area contributed by atoms with Gasteiger partial charge in [-0.25, -0.2) is 4.39 Å². The van der Waals surface area contributed by atoms with Crippen LogP contribution in [0.5, 0.6) is 0 Å². The van der Waals surface area contributed by atoms with Gasteiger partial charge in [0.25, 0.3) is 5.69 Å². The van der Waals surface area contributed by atoms with Crippen LogP contribution >= 0.6 is 0 Å². The summed E-state index contributed by atoms with van der Waals surface area (Å²) in [7, 11) is 3.67. The van der Waals surface area contributed by atoms with Crippen molar-refractivity contribution in [3.05, 3.63) is 75.6 Å². The average Bonchev–Trinajstić information content (AvgIpc) is 2.55. The molecule has 0 fully saturated rings. The van der Waals surface area contributed by atoms with Crippen LogP contribution in [0.3, 0.4) is 0 Å². The first kappa shape index (κ1) is 18.5. The fourth-order valence-corrected chi connectivity index (χ4v) is 2.60. The van der Waals surface area contributed by atoms with Crippen molar-refractivity contribution < 1.29 is 14.1 Å². The van der Waals surface area contributed by atoms with Crippen LogP contribution in [0, 0.1) is 15.9 Å². The Morgan fingerprint density at radius 2 is 1.96 bits per heavy atom. The lowest BCUT2D eigenvalue weighted by atomic mass is 10.1. The molecule has 6 nitrogen and oxygen atoms in total. The molecule has 7 heteroatoms. The van der Waals surface area contributed by atoms with Gasteiger partial charge in [0, 0.05) is 18.2 Å². The Bertz CT molecular complexity index is 765. The van der Waals surface area contributed by atoms with Crippen LogP contribution in [-0.2, 0) is 11.2 Å². The molecule has 0 aliphatic heterocycles. The summed E-state index contributed by atoms with van der Waals surface area (Å²) in [6.07, 6.45) is -0.0829. The molecule has 1 amide bonds. The molecule has 2 aromatic rings. The minimum Gasteiger partial charge on any atom is -0.354 e. The summed E-state index contributed by atoms with van der Waals surface area (Å²) in [6, 6.07) is 12.2. The number of nitro benzene ring substituents is 1. The molecule has 0 saturated heterocycles. The summed E-state index contributed by atoms with van der Waals surface area (Å²) in [5.74, 6) is -0.659. The zero-order valence-corrected chi connectivity index (χ0v) is 14.1. The van der Waals surface area contributed by atoms with Gasteiger partial charge in [0.2, 0.25) is 5.91 Å². The standard InChI is InChI=1S/C18H20FN3O3/c1-21(2)17(13-7-5-8-15(19)10-13)12-20-18(23)11-14-6-3-4-9-16(14)22(24)25/h3-10,17H,11-12H2,1-2H3,(H,20,23). The van der Waals surface area contributed by atoms with Crippen LogP contribution in [0.4, 0.5) is 10.1 Å². The van der Waals surface area contributed by atoms with Crippen LogP contribution in [0.1, 0.15) is 17.2 Å². The smallest absolute Gasteiger partial charge is 0.273 e. The van der Waals surface area contributed by atoms with Crippen molar-refractivity contribution >= 4 is 11.6 Å². The monoisotopic (exact) mass is 345 g/mol. The number of halogens is 1. The second-order valence-corrected chi connectivity index (χ2v) is 5.90. The highest BCUT2D eigenvalue weighted by molar-refractivity contribution is 5.79. The predicted octanol–water partition coefficient (Wildman–Crippen LogP) is 2.70. The van der Waals surface area contributed by atoms with E-state index in [1.165, 1.54) is 18.2 Å². The lowest BCUT2D eigenvalue weighted by Gasteiger charge is -2.25. The van der Waals surface area contributed by atoms with Crippen molar-refractivity contribution in [1.29, 1.82) is 0 Å². The average molecular weight is 345 g/mol. The van der Waals surface area contributed by atoms with Gasteiger partial charge >= 0.3 is 0 Å². The van der Waals surface area contributed by atoms with Gasteiger partial charge in [-0.1, -0.05) is 30.3 Å². The molecule has 0 aliphatic rings. The van der Waals surface area contributed by atoms with E-state index in [0.717, 1.165) is 5.56 Å². The third-order valence-corrected chi connectivity index (χ3v) is 3.89. The van der Waals surface area contributed by atoms with E-state index in [9.17, 15) is 19.3 Å². The number of carbonyl (C=O) groups is 1. The first-order chi connectivity index (χ1) is 11.9. The molecule has 0 radical (unpaired) electrons. The predicted molar refractivity (Wildman–Crippen MR) is 92.6 cm³/mol. The van der Waals surface area contributed by atoms with Crippen molar-refractivity contribution in [2.75, 3.05) is 20.6 Å². The van der Waals surface area contributed by atoms with E-state index in [4.69, 9.17) is 0 Å². The number of nitrogens with zero attached hydrogens (tertiary/aromatic N) is 2. The first-order valence-corrected chi connectivity index (χ1v) is 7.79. The molecule has 1 atom stereocenters. The van der Waals surface area contributed by atoms with Crippen molar-refractivity contribution in [3.63, 3.8) is 0 Å². The number of nitrogens with one attached hydrogen (secondary N) is 1. The van der Waals surface area contributed by atoms with Crippen molar-refractivity contribution in [3.8, 4) is 0 Å². The molecule has 132 valence electrons. The maximum atomic E-state index is 13.4. The van der Waals surface area contributed by atoms with E-state index in [0.29, 0.717) is 5.56 Å². The molecule has 0 bridgehead atoms.